The molecular weight excluding hydrogens is 258 g/mol. The molecule has 0 bridgehead atoms. The fourth-order valence-corrected chi connectivity index (χ4v) is 2.57. The van der Waals surface area contributed by atoms with Crippen molar-refractivity contribution in [2.45, 2.75) is 13.3 Å². The highest BCUT2D eigenvalue weighted by Crippen LogP contribution is 2.18. The third-order valence-corrected chi connectivity index (χ3v) is 3.61. The van der Waals surface area contributed by atoms with Crippen molar-refractivity contribution >= 4 is 5.78 Å². The van der Waals surface area contributed by atoms with Crippen molar-refractivity contribution in [3.63, 3.8) is 0 Å². The zero-order valence-electron chi connectivity index (χ0n) is 12.0. The van der Waals surface area contributed by atoms with Gasteiger partial charge in [0.1, 0.15) is 0 Å². The summed E-state index contributed by atoms with van der Waals surface area (Å²) in [5.74, 6) is 0.144. The van der Waals surface area contributed by atoms with Gasteiger partial charge >= 0.3 is 0 Å². The quantitative estimate of drug-likeness (QED) is 0.654. The number of nitrogens with zero attached hydrogens (tertiary/aromatic N) is 1. The van der Waals surface area contributed by atoms with E-state index < -0.39 is 0 Å². The standard InChI is InChI=1S/C19H17NO/c1-15-12-13-18(20(15)17-10-6-3-7-11-17)14-19(21)16-8-4-2-5-9-16/h2-13H,14H2,1H3. The summed E-state index contributed by atoms with van der Waals surface area (Å²) >= 11 is 0. The summed E-state index contributed by atoms with van der Waals surface area (Å²) in [6, 6.07) is 23.7. The van der Waals surface area contributed by atoms with E-state index in [0.717, 1.165) is 22.6 Å². The maximum absolute atomic E-state index is 12.4. The van der Waals surface area contributed by atoms with Crippen LogP contribution in [0.2, 0.25) is 0 Å². The second-order valence-corrected chi connectivity index (χ2v) is 5.10. The fourth-order valence-electron chi connectivity index (χ4n) is 2.57. The molecule has 0 fully saturated rings. The summed E-state index contributed by atoms with van der Waals surface area (Å²) in [4.78, 5) is 12.4. The molecule has 0 aliphatic heterocycles. The van der Waals surface area contributed by atoms with Gasteiger partial charge in [0.25, 0.3) is 0 Å². The molecule has 0 atom stereocenters. The van der Waals surface area contributed by atoms with Crippen LogP contribution < -0.4 is 0 Å². The van der Waals surface area contributed by atoms with E-state index in [2.05, 4.69) is 29.7 Å². The molecule has 104 valence electrons. The summed E-state index contributed by atoms with van der Waals surface area (Å²) in [5.41, 5.74) is 4.01. The number of aryl methyl sites for hydroxylation is 1. The molecule has 0 N–H and O–H groups in total. The number of carbonyl (C=O) groups excluding carboxylic acids is 1. The van der Waals surface area contributed by atoms with E-state index in [0.29, 0.717) is 6.42 Å². The molecule has 0 aliphatic carbocycles. The van der Waals surface area contributed by atoms with Crippen molar-refractivity contribution < 1.29 is 4.79 Å². The lowest BCUT2D eigenvalue weighted by atomic mass is 10.1. The number of ketones is 1. The van der Waals surface area contributed by atoms with E-state index in [9.17, 15) is 4.79 Å². The summed E-state index contributed by atoms with van der Waals surface area (Å²) in [5, 5.41) is 0. The minimum Gasteiger partial charge on any atom is -0.318 e. The number of carbonyl (C=O) groups is 1. The molecule has 21 heavy (non-hydrogen) atoms. The van der Waals surface area contributed by atoms with E-state index in [1.807, 2.05) is 54.6 Å². The zero-order chi connectivity index (χ0) is 14.7. The van der Waals surface area contributed by atoms with Crippen molar-refractivity contribution in [2.75, 3.05) is 0 Å². The van der Waals surface area contributed by atoms with Crippen molar-refractivity contribution in [1.82, 2.24) is 4.57 Å². The molecule has 0 aliphatic rings. The molecule has 0 radical (unpaired) electrons. The summed E-state index contributed by atoms with van der Waals surface area (Å²) in [7, 11) is 0. The van der Waals surface area contributed by atoms with Gasteiger partial charge in [0.15, 0.2) is 5.78 Å². The average Bonchev–Trinajstić information content (AvgIpc) is 2.89. The molecule has 3 rings (SSSR count). The van der Waals surface area contributed by atoms with Gasteiger partial charge in [-0.3, -0.25) is 4.79 Å². The molecule has 3 aromatic rings. The molecule has 2 nitrogen and oxygen atoms in total. The Morgan fingerprint density at radius 3 is 2.14 bits per heavy atom. The smallest absolute Gasteiger partial charge is 0.168 e. The Labute approximate surface area is 124 Å². The molecule has 1 heterocycles. The second kappa shape index (κ2) is 5.80. The molecule has 0 spiro atoms. The molecule has 0 amide bonds. The van der Waals surface area contributed by atoms with Crippen LogP contribution in [0, 0.1) is 6.92 Å². The second-order valence-electron chi connectivity index (χ2n) is 5.10. The highest BCUT2D eigenvalue weighted by Gasteiger charge is 2.12. The first-order chi connectivity index (χ1) is 10.3. The summed E-state index contributed by atoms with van der Waals surface area (Å²) < 4.78 is 2.14. The Balaban J connectivity index is 1.93. The molecule has 0 unspecified atom stereocenters. The lowest BCUT2D eigenvalue weighted by Gasteiger charge is -2.11. The Hall–Kier alpha value is -2.61. The third-order valence-electron chi connectivity index (χ3n) is 3.61. The molecule has 2 aromatic carbocycles. The lowest BCUT2D eigenvalue weighted by molar-refractivity contribution is 0.0991. The lowest BCUT2D eigenvalue weighted by Crippen LogP contribution is -2.09. The third kappa shape index (κ3) is 2.79. The van der Waals surface area contributed by atoms with Crippen molar-refractivity contribution in [3.8, 4) is 5.69 Å². The highest BCUT2D eigenvalue weighted by atomic mass is 16.1. The van der Waals surface area contributed by atoms with Crippen LogP contribution in [0.1, 0.15) is 21.7 Å². The number of rotatable bonds is 4. The van der Waals surface area contributed by atoms with Crippen LogP contribution in [0.25, 0.3) is 5.69 Å². The van der Waals surface area contributed by atoms with E-state index in [1.165, 1.54) is 0 Å². The average molecular weight is 275 g/mol. The van der Waals surface area contributed by atoms with Gasteiger partial charge in [0.2, 0.25) is 0 Å². The Morgan fingerprint density at radius 2 is 1.48 bits per heavy atom. The van der Waals surface area contributed by atoms with Gasteiger partial charge in [0.05, 0.1) is 6.42 Å². The Bertz CT molecular complexity index is 742. The van der Waals surface area contributed by atoms with Crippen LogP contribution in [-0.4, -0.2) is 10.4 Å². The molecule has 0 saturated heterocycles. The van der Waals surface area contributed by atoms with Gasteiger partial charge in [-0.15, -0.1) is 0 Å². The summed E-state index contributed by atoms with van der Waals surface area (Å²) in [6.07, 6.45) is 0.409. The normalized spacial score (nSPS) is 10.5. The molecule has 0 saturated carbocycles. The predicted molar refractivity (Wildman–Crippen MR) is 85.0 cm³/mol. The first-order valence-corrected chi connectivity index (χ1v) is 7.06. The number of aromatic nitrogens is 1. The van der Waals surface area contributed by atoms with Crippen LogP contribution in [0.15, 0.2) is 72.8 Å². The number of benzene rings is 2. The Kier molecular flexibility index (Phi) is 3.69. The van der Waals surface area contributed by atoms with Crippen molar-refractivity contribution in [3.05, 3.63) is 89.7 Å². The minimum absolute atomic E-state index is 0.144. The SMILES string of the molecule is Cc1ccc(CC(=O)c2ccccc2)n1-c1ccccc1. The van der Waals surface area contributed by atoms with Gasteiger partial charge in [0, 0.05) is 22.6 Å². The minimum atomic E-state index is 0.144. The fraction of sp³-hybridized carbons (Fsp3) is 0.105. The number of Topliss-reactive ketones (excluding diaryl/α,β-unsaturated/α-hetero) is 1. The van der Waals surface area contributed by atoms with Gasteiger partial charge in [-0.05, 0) is 31.2 Å². The Morgan fingerprint density at radius 1 is 0.857 bits per heavy atom. The van der Waals surface area contributed by atoms with Crippen molar-refractivity contribution in [1.29, 1.82) is 0 Å². The van der Waals surface area contributed by atoms with E-state index >= 15 is 0 Å². The predicted octanol–water partition coefficient (Wildman–Crippen LogP) is 4.21. The van der Waals surface area contributed by atoms with Crippen molar-refractivity contribution in [2.24, 2.45) is 0 Å². The van der Waals surface area contributed by atoms with E-state index in [4.69, 9.17) is 0 Å². The van der Waals surface area contributed by atoms with Crippen LogP contribution in [-0.2, 0) is 6.42 Å². The first-order valence-electron chi connectivity index (χ1n) is 7.06. The van der Waals surface area contributed by atoms with E-state index in [1.54, 1.807) is 0 Å². The van der Waals surface area contributed by atoms with Gasteiger partial charge < -0.3 is 4.57 Å². The van der Waals surface area contributed by atoms with Gasteiger partial charge in [-0.2, -0.15) is 0 Å². The maximum atomic E-state index is 12.4. The van der Waals surface area contributed by atoms with E-state index in [-0.39, 0.29) is 5.78 Å². The largest absolute Gasteiger partial charge is 0.318 e. The molecule has 2 heteroatoms. The topological polar surface area (TPSA) is 22.0 Å². The summed E-state index contributed by atoms with van der Waals surface area (Å²) in [6.45, 7) is 2.06. The number of hydrogen-bond donors (Lipinski definition) is 0. The van der Waals surface area contributed by atoms with Crippen LogP contribution in [0.5, 0.6) is 0 Å². The molecular formula is C19H17NO. The van der Waals surface area contributed by atoms with Gasteiger partial charge in [-0.25, -0.2) is 0 Å². The van der Waals surface area contributed by atoms with Crippen LogP contribution >= 0.6 is 0 Å². The first kappa shape index (κ1) is 13.4. The number of para-hydroxylation sites is 1. The van der Waals surface area contributed by atoms with Crippen LogP contribution in [0.4, 0.5) is 0 Å². The highest BCUT2D eigenvalue weighted by molar-refractivity contribution is 5.97. The number of hydrogen-bond acceptors (Lipinski definition) is 1. The monoisotopic (exact) mass is 275 g/mol. The maximum Gasteiger partial charge on any atom is 0.168 e. The molecule has 1 aromatic heterocycles. The van der Waals surface area contributed by atoms with Gasteiger partial charge in [-0.1, -0.05) is 48.5 Å². The zero-order valence-corrected chi connectivity index (χ0v) is 12.0. The van der Waals surface area contributed by atoms with Crippen LogP contribution in [0.3, 0.4) is 0 Å².